The van der Waals surface area contributed by atoms with Crippen LogP contribution in [0.3, 0.4) is 0 Å². The van der Waals surface area contributed by atoms with Crippen LogP contribution in [0.2, 0.25) is 0 Å². The lowest BCUT2D eigenvalue weighted by molar-refractivity contribution is -0.154. The fourth-order valence-corrected chi connectivity index (χ4v) is 2.50. The van der Waals surface area contributed by atoms with E-state index in [1.807, 2.05) is 12.1 Å². The van der Waals surface area contributed by atoms with Gasteiger partial charge in [-0.15, -0.1) is 0 Å². The van der Waals surface area contributed by atoms with Gasteiger partial charge in [0.05, 0.1) is 27.2 Å². The fraction of sp³-hybridized carbons (Fsp3) is 0.438. The molecule has 22 heavy (non-hydrogen) atoms. The van der Waals surface area contributed by atoms with Crippen molar-refractivity contribution in [2.75, 3.05) is 27.3 Å². The van der Waals surface area contributed by atoms with Crippen LogP contribution in [0.25, 0.3) is 0 Å². The van der Waals surface area contributed by atoms with Crippen molar-refractivity contribution in [1.82, 2.24) is 4.90 Å². The Bertz CT molecular complexity index is 584. The average Bonchev–Trinajstić information content (AvgIpc) is 2.54. The number of nitrogens with zero attached hydrogens (tertiary/aromatic N) is 1. The van der Waals surface area contributed by atoms with Crippen molar-refractivity contribution in [3.05, 3.63) is 29.8 Å². The van der Waals surface area contributed by atoms with E-state index in [-0.39, 0.29) is 24.7 Å². The van der Waals surface area contributed by atoms with Crippen molar-refractivity contribution in [3.63, 3.8) is 0 Å². The monoisotopic (exact) mass is 305 g/mol. The minimum atomic E-state index is -0.745. The summed E-state index contributed by atoms with van der Waals surface area (Å²) in [5, 5.41) is 0. The molecule has 6 heteroatoms. The normalized spacial score (nSPS) is 18.0. The quantitative estimate of drug-likeness (QED) is 0.608. The molecule has 1 aliphatic rings. The van der Waals surface area contributed by atoms with Crippen molar-refractivity contribution in [3.8, 4) is 5.75 Å². The Morgan fingerprint density at radius 1 is 1.32 bits per heavy atom. The maximum atomic E-state index is 12.3. The predicted molar refractivity (Wildman–Crippen MR) is 78.4 cm³/mol. The number of hydrogen-bond donors (Lipinski definition) is 0. The molecule has 1 unspecified atom stereocenters. The molecule has 0 spiro atoms. The summed E-state index contributed by atoms with van der Waals surface area (Å²) in [5.74, 6) is -0.983. The molecule has 0 aromatic heterocycles. The molecule has 1 aromatic carbocycles. The minimum absolute atomic E-state index is 0.0391. The summed E-state index contributed by atoms with van der Waals surface area (Å²) in [4.78, 5) is 37.2. The first-order valence-electron chi connectivity index (χ1n) is 7.06. The zero-order valence-electron chi connectivity index (χ0n) is 12.7. The van der Waals surface area contributed by atoms with Crippen molar-refractivity contribution in [2.45, 2.75) is 12.8 Å². The third kappa shape index (κ3) is 3.63. The lowest BCUT2D eigenvalue weighted by Gasteiger charge is -2.29. The Morgan fingerprint density at radius 3 is 2.73 bits per heavy atom. The number of piperidine rings is 1. The molecule has 1 aliphatic heterocycles. The molecule has 1 saturated heterocycles. The summed E-state index contributed by atoms with van der Waals surface area (Å²) in [6.07, 6.45) is 0.517. The summed E-state index contributed by atoms with van der Waals surface area (Å²) >= 11 is 0. The molecule has 2 rings (SSSR count). The summed E-state index contributed by atoms with van der Waals surface area (Å²) < 4.78 is 9.72. The second-order valence-corrected chi connectivity index (χ2v) is 5.17. The number of amides is 1. The van der Waals surface area contributed by atoms with Crippen LogP contribution in [-0.4, -0.2) is 49.9 Å². The molecule has 0 saturated carbocycles. The number of carbonyl (C=O) groups is 3. The van der Waals surface area contributed by atoms with Crippen molar-refractivity contribution < 1.29 is 23.9 Å². The first-order valence-corrected chi connectivity index (χ1v) is 7.06. The predicted octanol–water partition coefficient (Wildman–Crippen LogP) is 0.828. The van der Waals surface area contributed by atoms with E-state index >= 15 is 0 Å². The molecular formula is C16H19NO5. The van der Waals surface area contributed by atoms with Crippen LogP contribution in [-0.2, 0) is 25.5 Å². The van der Waals surface area contributed by atoms with Gasteiger partial charge in [0.2, 0.25) is 5.91 Å². The molecule has 0 radical (unpaired) electrons. The van der Waals surface area contributed by atoms with Crippen LogP contribution in [0.5, 0.6) is 5.75 Å². The number of esters is 1. The van der Waals surface area contributed by atoms with E-state index < -0.39 is 11.9 Å². The van der Waals surface area contributed by atoms with Gasteiger partial charge in [-0.1, -0.05) is 12.1 Å². The summed E-state index contributed by atoms with van der Waals surface area (Å²) in [6, 6.07) is 7.25. The molecule has 0 aliphatic carbocycles. The largest absolute Gasteiger partial charge is 0.497 e. The number of ketones is 1. The van der Waals surface area contributed by atoms with Crippen LogP contribution < -0.4 is 4.74 Å². The van der Waals surface area contributed by atoms with Crippen LogP contribution >= 0.6 is 0 Å². The maximum absolute atomic E-state index is 12.3. The zero-order valence-corrected chi connectivity index (χ0v) is 12.7. The average molecular weight is 305 g/mol. The van der Waals surface area contributed by atoms with Gasteiger partial charge in [-0.3, -0.25) is 14.4 Å². The van der Waals surface area contributed by atoms with Gasteiger partial charge in [-0.25, -0.2) is 0 Å². The molecule has 1 heterocycles. The lowest BCUT2D eigenvalue weighted by Crippen LogP contribution is -2.47. The Labute approximate surface area is 129 Å². The zero-order chi connectivity index (χ0) is 16.1. The van der Waals surface area contributed by atoms with E-state index in [9.17, 15) is 14.4 Å². The van der Waals surface area contributed by atoms with Gasteiger partial charge in [0.15, 0.2) is 5.78 Å². The molecule has 1 amide bonds. The van der Waals surface area contributed by atoms with Crippen molar-refractivity contribution in [2.24, 2.45) is 5.92 Å². The van der Waals surface area contributed by atoms with Gasteiger partial charge in [-0.2, -0.15) is 0 Å². The molecular weight excluding hydrogens is 286 g/mol. The minimum Gasteiger partial charge on any atom is -0.497 e. The highest BCUT2D eigenvalue weighted by Crippen LogP contribution is 2.18. The number of rotatable bonds is 4. The van der Waals surface area contributed by atoms with E-state index in [0.29, 0.717) is 18.7 Å². The van der Waals surface area contributed by atoms with Crippen LogP contribution in [0.15, 0.2) is 24.3 Å². The van der Waals surface area contributed by atoms with Crippen LogP contribution in [0.1, 0.15) is 12.0 Å². The molecule has 6 nitrogen and oxygen atoms in total. The third-order valence-corrected chi connectivity index (χ3v) is 3.75. The number of methoxy groups -OCH3 is 2. The van der Waals surface area contributed by atoms with Gasteiger partial charge >= 0.3 is 5.97 Å². The Kier molecular flexibility index (Phi) is 5.14. The van der Waals surface area contributed by atoms with Crippen molar-refractivity contribution >= 4 is 17.7 Å². The van der Waals surface area contributed by atoms with Gasteiger partial charge in [0.25, 0.3) is 0 Å². The molecule has 1 atom stereocenters. The third-order valence-electron chi connectivity index (χ3n) is 3.75. The second kappa shape index (κ2) is 7.06. The highest BCUT2D eigenvalue weighted by atomic mass is 16.5. The van der Waals surface area contributed by atoms with Gasteiger partial charge in [0.1, 0.15) is 11.7 Å². The number of Topliss-reactive ketones (excluding diaryl/α,β-unsaturated/α-hetero) is 1. The second-order valence-electron chi connectivity index (χ2n) is 5.17. The summed E-state index contributed by atoms with van der Waals surface area (Å²) in [5.41, 5.74) is 0.826. The maximum Gasteiger partial charge on any atom is 0.316 e. The van der Waals surface area contributed by atoms with Gasteiger partial charge in [-0.05, 0) is 24.1 Å². The first-order chi connectivity index (χ1) is 10.5. The van der Waals surface area contributed by atoms with E-state index in [1.54, 1.807) is 19.2 Å². The smallest absolute Gasteiger partial charge is 0.316 e. The number of benzene rings is 1. The topological polar surface area (TPSA) is 72.9 Å². The fourth-order valence-electron chi connectivity index (χ4n) is 2.50. The number of hydrogen-bond acceptors (Lipinski definition) is 5. The van der Waals surface area contributed by atoms with E-state index in [4.69, 9.17) is 4.74 Å². The highest BCUT2D eigenvalue weighted by molar-refractivity contribution is 6.02. The van der Waals surface area contributed by atoms with E-state index in [2.05, 4.69) is 4.74 Å². The SMILES string of the molecule is COC(=O)C1CCN(C(=O)Cc2cccc(OC)c2)CC1=O. The van der Waals surface area contributed by atoms with E-state index in [0.717, 1.165) is 5.56 Å². The summed E-state index contributed by atoms with van der Waals surface area (Å²) in [7, 11) is 2.83. The lowest BCUT2D eigenvalue weighted by atomic mass is 9.95. The van der Waals surface area contributed by atoms with Gasteiger partial charge < -0.3 is 14.4 Å². The number of likely N-dealkylation sites (tertiary alicyclic amines) is 1. The van der Waals surface area contributed by atoms with Crippen molar-refractivity contribution in [1.29, 1.82) is 0 Å². The molecule has 1 aromatic rings. The molecule has 118 valence electrons. The molecule has 0 bridgehead atoms. The Balaban J connectivity index is 1.97. The number of ether oxygens (including phenoxy) is 2. The Hall–Kier alpha value is -2.37. The van der Waals surface area contributed by atoms with Crippen LogP contribution in [0.4, 0.5) is 0 Å². The van der Waals surface area contributed by atoms with Crippen LogP contribution in [0, 0.1) is 5.92 Å². The highest BCUT2D eigenvalue weighted by Gasteiger charge is 2.34. The first kappa shape index (κ1) is 16.0. The standard InChI is InChI=1S/C16H19NO5/c1-21-12-5-3-4-11(8-12)9-15(19)17-7-6-13(14(18)10-17)16(20)22-2/h3-5,8,13H,6-7,9-10H2,1-2H3. The van der Waals surface area contributed by atoms with Gasteiger partial charge in [0, 0.05) is 6.54 Å². The molecule has 1 fully saturated rings. The Morgan fingerprint density at radius 2 is 2.09 bits per heavy atom. The molecule has 0 N–H and O–H groups in total. The number of carbonyl (C=O) groups excluding carboxylic acids is 3. The summed E-state index contributed by atoms with van der Waals surface area (Å²) in [6.45, 7) is 0.344. The van der Waals surface area contributed by atoms with E-state index in [1.165, 1.54) is 12.0 Å².